The van der Waals surface area contributed by atoms with Gasteiger partial charge in [0.1, 0.15) is 5.75 Å². The number of benzene rings is 2. The van der Waals surface area contributed by atoms with Gasteiger partial charge in [0.15, 0.2) is 0 Å². The Morgan fingerprint density at radius 2 is 1.58 bits per heavy atom. The molecule has 1 aliphatic rings. The van der Waals surface area contributed by atoms with Gasteiger partial charge in [0.25, 0.3) is 17.6 Å². The number of ketones is 1. The highest BCUT2D eigenvalue weighted by Crippen LogP contribution is 2.30. The average molecular weight is 419 g/mol. The number of ether oxygens (including phenoxy) is 1. The fraction of sp³-hybridized carbons (Fsp3) is 0.292. The van der Waals surface area contributed by atoms with Crippen molar-refractivity contribution in [1.29, 1.82) is 0 Å². The van der Waals surface area contributed by atoms with Crippen LogP contribution in [0.2, 0.25) is 0 Å². The van der Waals surface area contributed by atoms with Crippen molar-refractivity contribution in [1.82, 2.24) is 14.8 Å². The Hall–Kier alpha value is -3.61. The number of nitrogens with zero attached hydrogens (tertiary/aromatic N) is 2. The zero-order valence-corrected chi connectivity index (χ0v) is 17.6. The predicted molar refractivity (Wildman–Crippen MR) is 117 cm³/mol. The second kappa shape index (κ2) is 8.63. The molecule has 160 valence electrons. The maximum atomic E-state index is 13.0. The van der Waals surface area contributed by atoms with E-state index in [2.05, 4.69) is 4.98 Å². The molecule has 0 spiro atoms. The number of fused-ring (bicyclic) bond motifs is 1. The van der Waals surface area contributed by atoms with Crippen molar-refractivity contribution in [3.63, 3.8) is 0 Å². The van der Waals surface area contributed by atoms with Gasteiger partial charge in [0, 0.05) is 43.5 Å². The number of hydrogen-bond donors (Lipinski definition) is 1. The number of amides is 2. The highest BCUT2D eigenvalue weighted by Gasteiger charge is 2.30. The summed E-state index contributed by atoms with van der Waals surface area (Å²) < 4.78 is 5.84. The molecular formula is C24H25N3O4. The quantitative estimate of drug-likeness (QED) is 0.509. The highest BCUT2D eigenvalue weighted by molar-refractivity contribution is 6.45. The molecule has 2 amide bonds. The third-order valence-electron chi connectivity index (χ3n) is 5.34. The van der Waals surface area contributed by atoms with Crippen LogP contribution in [0.15, 0.2) is 54.7 Å². The minimum Gasteiger partial charge on any atom is -0.490 e. The Balaban J connectivity index is 1.47. The number of hydrogen-bond acceptors (Lipinski definition) is 4. The third kappa shape index (κ3) is 4.17. The molecule has 1 N–H and O–H groups in total. The van der Waals surface area contributed by atoms with E-state index < -0.39 is 11.7 Å². The van der Waals surface area contributed by atoms with Crippen LogP contribution < -0.4 is 4.74 Å². The number of rotatable bonds is 5. The van der Waals surface area contributed by atoms with Crippen LogP contribution in [-0.2, 0) is 4.79 Å². The van der Waals surface area contributed by atoms with Gasteiger partial charge in [0.05, 0.1) is 17.1 Å². The Labute approximate surface area is 180 Å². The molecule has 2 aromatic carbocycles. The van der Waals surface area contributed by atoms with E-state index in [0.29, 0.717) is 48.4 Å². The van der Waals surface area contributed by atoms with E-state index in [0.717, 1.165) is 5.52 Å². The number of carbonyl (C=O) groups is 3. The van der Waals surface area contributed by atoms with Gasteiger partial charge in [-0.3, -0.25) is 14.4 Å². The molecule has 1 aromatic heterocycles. The van der Waals surface area contributed by atoms with Crippen molar-refractivity contribution in [2.75, 3.05) is 26.2 Å². The largest absolute Gasteiger partial charge is 0.490 e. The second-order valence-electron chi connectivity index (χ2n) is 7.83. The molecule has 0 bridgehead atoms. The molecule has 31 heavy (non-hydrogen) atoms. The van der Waals surface area contributed by atoms with E-state index in [1.165, 1.54) is 4.90 Å². The number of aromatic amines is 1. The van der Waals surface area contributed by atoms with Gasteiger partial charge in [-0.25, -0.2) is 0 Å². The fourth-order valence-electron chi connectivity index (χ4n) is 3.82. The van der Waals surface area contributed by atoms with E-state index in [1.807, 2.05) is 44.2 Å². The Morgan fingerprint density at radius 1 is 0.903 bits per heavy atom. The Kier molecular flexibility index (Phi) is 5.75. The van der Waals surface area contributed by atoms with Gasteiger partial charge < -0.3 is 19.5 Å². The van der Waals surface area contributed by atoms with Gasteiger partial charge in [-0.1, -0.05) is 24.3 Å². The Bertz CT molecular complexity index is 1110. The average Bonchev–Trinajstić information content (AvgIpc) is 3.23. The lowest BCUT2D eigenvalue weighted by atomic mass is 10.1. The first-order valence-corrected chi connectivity index (χ1v) is 10.4. The van der Waals surface area contributed by atoms with Gasteiger partial charge >= 0.3 is 0 Å². The smallest absolute Gasteiger partial charge is 0.295 e. The van der Waals surface area contributed by atoms with Crippen molar-refractivity contribution in [3.05, 3.63) is 65.9 Å². The molecule has 1 aliphatic heterocycles. The summed E-state index contributed by atoms with van der Waals surface area (Å²) >= 11 is 0. The Morgan fingerprint density at radius 3 is 2.26 bits per heavy atom. The summed E-state index contributed by atoms with van der Waals surface area (Å²) in [5.41, 5.74) is 1.67. The number of nitrogens with one attached hydrogen (secondary N) is 1. The number of H-pyrrole nitrogens is 1. The fourth-order valence-corrected chi connectivity index (χ4v) is 3.82. The summed E-state index contributed by atoms with van der Waals surface area (Å²) in [6, 6.07) is 14.5. The van der Waals surface area contributed by atoms with Gasteiger partial charge in [0.2, 0.25) is 0 Å². The maximum Gasteiger partial charge on any atom is 0.295 e. The molecule has 0 aliphatic carbocycles. The number of piperazine rings is 1. The van der Waals surface area contributed by atoms with Crippen LogP contribution in [-0.4, -0.2) is 64.7 Å². The summed E-state index contributed by atoms with van der Waals surface area (Å²) in [5.74, 6) is -0.629. The minimum atomic E-state index is -0.575. The topological polar surface area (TPSA) is 82.7 Å². The lowest BCUT2D eigenvalue weighted by Crippen LogP contribution is -2.52. The SMILES string of the molecule is CC(C)Oc1cccc2[nH]cc(C(=O)C(=O)N3CCN(C(=O)c4ccccc4)CC3)c12. The van der Waals surface area contributed by atoms with E-state index in [-0.39, 0.29) is 12.0 Å². The third-order valence-corrected chi connectivity index (χ3v) is 5.34. The van der Waals surface area contributed by atoms with Crippen LogP contribution in [0.1, 0.15) is 34.6 Å². The summed E-state index contributed by atoms with van der Waals surface area (Å²) in [7, 11) is 0. The van der Waals surface area contributed by atoms with Gasteiger partial charge in [-0.05, 0) is 38.1 Å². The highest BCUT2D eigenvalue weighted by atomic mass is 16.5. The van der Waals surface area contributed by atoms with Gasteiger partial charge in [-0.15, -0.1) is 0 Å². The normalized spacial score (nSPS) is 14.2. The minimum absolute atomic E-state index is 0.0608. The van der Waals surface area contributed by atoms with Crippen molar-refractivity contribution in [2.45, 2.75) is 20.0 Å². The molecule has 7 nitrogen and oxygen atoms in total. The molecule has 0 atom stereocenters. The van der Waals surface area contributed by atoms with Crippen LogP contribution in [0, 0.1) is 0 Å². The van der Waals surface area contributed by atoms with Crippen molar-refractivity contribution >= 4 is 28.5 Å². The van der Waals surface area contributed by atoms with E-state index in [4.69, 9.17) is 4.74 Å². The zero-order valence-electron chi connectivity index (χ0n) is 17.6. The van der Waals surface area contributed by atoms with Crippen LogP contribution in [0.3, 0.4) is 0 Å². The number of carbonyl (C=O) groups excluding carboxylic acids is 3. The standard InChI is InChI=1S/C24H25N3O4/c1-16(2)31-20-10-6-9-19-21(20)18(15-25-19)22(28)24(30)27-13-11-26(12-14-27)23(29)17-7-4-3-5-8-17/h3-10,15-16,25H,11-14H2,1-2H3. The van der Waals surface area contributed by atoms with Crippen LogP contribution in [0.4, 0.5) is 0 Å². The first kappa shape index (κ1) is 20.7. The maximum absolute atomic E-state index is 13.0. The lowest BCUT2D eigenvalue weighted by molar-refractivity contribution is -0.127. The first-order valence-electron chi connectivity index (χ1n) is 10.4. The van der Waals surface area contributed by atoms with Crippen LogP contribution in [0.5, 0.6) is 5.75 Å². The van der Waals surface area contributed by atoms with E-state index >= 15 is 0 Å². The van der Waals surface area contributed by atoms with Crippen molar-refractivity contribution in [3.8, 4) is 5.75 Å². The van der Waals surface area contributed by atoms with Gasteiger partial charge in [-0.2, -0.15) is 0 Å². The van der Waals surface area contributed by atoms with E-state index in [1.54, 1.807) is 29.3 Å². The zero-order chi connectivity index (χ0) is 22.0. The number of Topliss-reactive ketones (excluding diaryl/α,β-unsaturated/α-hetero) is 1. The molecule has 3 aromatic rings. The molecule has 0 radical (unpaired) electrons. The monoisotopic (exact) mass is 419 g/mol. The summed E-state index contributed by atoms with van der Waals surface area (Å²) in [4.78, 5) is 44.9. The molecule has 0 unspecified atom stereocenters. The number of aromatic nitrogens is 1. The molecule has 1 saturated heterocycles. The predicted octanol–water partition coefficient (Wildman–Crippen LogP) is 3.12. The van der Waals surface area contributed by atoms with Crippen molar-refractivity contribution < 1.29 is 19.1 Å². The first-order chi connectivity index (χ1) is 15.0. The van der Waals surface area contributed by atoms with Crippen LogP contribution in [0.25, 0.3) is 10.9 Å². The molecule has 1 fully saturated rings. The molecular weight excluding hydrogens is 394 g/mol. The molecule has 7 heteroatoms. The molecule has 0 saturated carbocycles. The van der Waals surface area contributed by atoms with Crippen LogP contribution >= 0.6 is 0 Å². The summed E-state index contributed by atoms with van der Waals surface area (Å²) in [6.45, 7) is 5.25. The molecule has 4 rings (SSSR count). The lowest BCUT2D eigenvalue weighted by Gasteiger charge is -2.34. The summed E-state index contributed by atoms with van der Waals surface area (Å²) in [5, 5.41) is 0.618. The molecule has 2 heterocycles. The second-order valence-corrected chi connectivity index (χ2v) is 7.83. The van der Waals surface area contributed by atoms with E-state index in [9.17, 15) is 14.4 Å². The van der Waals surface area contributed by atoms with Crippen molar-refractivity contribution in [2.24, 2.45) is 0 Å². The summed E-state index contributed by atoms with van der Waals surface area (Å²) in [6.07, 6.45) is 1.50.